The van der Waals surface area contributed by atoms with Crippen LogP contribution in [-0.4, -0.2) is 10.1 Å². The fourth-order valence-electron chi connectivity index (χ4n) is 2.69. The smallest absolute Gasteiger partial charge is 0.307 e. The number of aromatic nitrogens is 1. The summed E-state index contributed by atoms with van der Waals surface area (Å²) in [4.78, 5) is 14.1. The number of nitrogens with one attached hydrogen (secondary N) is 1. The van der Waals surface area contributed by atoms with Crippen LogP contribution in [0.1, 0.15) is 29.9 Å². The van der Waals surface area contributed by atoms with Crippen LogP contribution in [0, 0.1) is 5.92 Å². The molecule has 3 rings (SSSR count). The Labute approximate surface area is 150 Å². The van der Waals surface area contributed by atoms with E-state index in [0.717, 1.165) is 34.8 Å². The second-order valence-corrected chi connectivity index (χ2v) is 7.48. The summed E-state index contributed by atoms with van der Waals surface area (Å²) in [6, 6.07) is 15.8. The molecule has 0 saturated carbocycles. The maximum Gasteiger partial charge on any atom is 0.307 e. The number of rotatable bonds is 6. The molecule has 0 aliphatic rings. The highest BCUT2D eigenvalue weighted by Crippen LogP contribution is 2.30. The molecule has 0 amide bonds. The molecule has 3 aromatic rings. The molecule has 1 aromatic heterocycles. The van der Waals surface area contributed by atoms with E-state index in [1.54, 1.807) is 0 Å². The van der Waals surface area contributed by atoms with Gasteiger partial charge in [-0.3, -0.25) is 9.78 Å². The van der Waals surface area contributed by atoms with Gasteiger partial charge in [-0.05, 0) is 36.1 Å². The van der Waals surface area contributed by atoms with Gasteiger partial charge in [0.15, 0.2) is 0 Å². The van der Waals surface area contributed by atoms with E-state index in [0.29, 0.717) is 17.2 Å². The molecule has 0 aliphatic heterocycles. The summed E-state index contributed by atoms with van der Waals surface area (Å²) in [7, 11) is 0. The molecule has 2 aromatic carbocycles. The minimum absolute atomic E-state index is 0.0668. The van der Waals surface area contributed by atoms with Gasteiger partial charge in [-0.2, -0.15) is 0 Å². The van der Waals surface area contributed by atoms with Gasteiger partial charge >= 0.3 is 4.87 Å². The second kappa shape index (κ2) is 7.57. The Kier molecular flexibility index (Phi) is 5.24. The minimum Gasteiger partial charge on any atom is -0.494 e. The van der Waals surface area contributed by atoms with Gasteiger partial charge in [0.05, 0.1) is 4.88 Å². The van der Waals surface area contributed by atoms with Crippen molar-refractivity contribution in [2.24, 2.45) is 5.92 Å². The van der Waals surface area contributed by atoms with Crippen molar-refractivity contribution < 1.29 is 9.84 Å². The number of para-hydroxylation sites is 1. The van der Waals surface area contributed by atoms with E-state index in [9.17, 15) is 9.90 Å². The molecular weight excluding hydrogens is 334 g/mol. The molecule has 5 heteroatoms. The van der Waals surface area contributed by atoms with Crippen molar-refractivity contribution in [1.82, 2.24) is 4.98 Å². The monoisotopic (exact) mass is 355 g/mol. The van der Waals surface area contributed by atoms with Crippen molar-refractivity contribution in [3.8, 4) is 17.4 Å². The van der Waals surface area contributed by atoms with Crippen LogP contribution in [0.25, 0.3) is 0 Å². The van der Waals surface area contributed by atoms with E-state index in [2.05, 4.69) is 31.0 Å². The fraction of sp³-hybridized carbons (Fsp3) is 0.250. The number of H-pyrrole nitrogens is 1. The normalized spacial score (nSPS) is 11.0. The molecule has 0 atom stereocenters. The van der Waals surface area contributed by atoms with Gasteiger partial charge in [0, 0.05) is 12.0 Å². The Morgan fingerprint density at radius 2 is 1.84 bits per heavy atom. The van der Waals surface area contributed by atoms with Crippen LogP contribution in [0.2, 0.25) is 0 Å². The molecule has 0 radical (unpaired) electrons. The van der Waals surface area contributed by atoms with Crippen molar-refractivity contribution in [3.63, 3.8) is 0 Å². The summed E-state index contributed by atoms with van der Waals surface area (Å²) in [6.07, 6.45) is 1.49. The van der Waals surface area contributed by atoms with Crippen molar-refractivity contribution >= 4 is 11.3 Å². The molecule has 130 valence electrons. The first-order valence-corrected chi connectivity index (χ1v) is 9.08. The van der Waals surface area contributed by atoms with Gasteiger partial charge in [-0.1, -0.05) is 55.5 Å². The maximum absolute atomic E-state index is 11.4. The van der Waals surface area contributed by atoms with Crippen LogP contribution in [0.4, 0.5) is 0 Å². The van der Waals surface area contributed by atoms with Crippen LogP contribution in [0.3, 0.4) is 0 Å². The van der Waals surface area contributed by atoms with Crippen LogP contribution < -0.4 is 9.61 Å². The Morgan fingerprint density at radius 3 is 2.48 bits per heavy atom. The van der Waals surface area contributed by atoms with Crippen molar-refractivity contribution in [2.45, 2.75) is 26.7 Å². The average Bonchev–Trinajstić information content (AvgIpc) is 2.88. The molecule has 4 nitrogen and oxygen atoms in total. The standard InChI is InChI=1S/C20H21NO3S/c1-13(2)11-14-7-9-16(10-8-14)24-17-6-4-3-5-15(17)12-18-19(22)21-20(23)25-18/h3-10,13,22H,11-12H2,1-2H3,(H,21,23). The zero-order valence-electron chi connectivity index (χ0n) is 14.3. The molecule has 0 aliphatic carbocycles. The predicted octanol–water partition coefficient (Wildman–Crippen LogP) is 4.72. The van der Waals surface area contributed by atoms with Crippen LogP contribution in [0.15, 0.2) is 53.3 Å². The molecule has 0 spiro atoms. The van der Waals surface area contributed by atoms with Gasteiger partial charge in [0.1, 0.15) is 11.5 Å². The Bertz CT molecular complexity index is 894. The molecule has 25 heavy (non-hydrogen) atoms. The highest BCUT2D eigenvalue weighted by molar-refractivity contribution is 7.09. The highest BCUT2D eigenvalue weighted by atomic mass is 32.1. The zero-order chi connectivity index (χ0) is 17.8. The summed E-state index contributed by atoms with van der Waals surface area (Å²) in [6.45, 7) is 4.40. The molecule has 0 fully saturated rings. The van der Waals surface area contributed by atoms with E-state index in [-0.39, 0.29) is 10.8 Å². The number of aromatic hydroxyl groups is 1. The Balaban J connectivity index is 1.79. The van der Waals surface area contributed by atoms with E-state index in [4.69, 9.17) is 4.74 Å². The van der Waals surface area contributed by atoms with Gasteiger partial charge in [0.25, 0.3) is 0 Å². The van der Waals surface area contributed by atoms with Crippen LogP contribution in [-0.2, 0) is 12.8 Å². The zero-order valence-corrected chi connectivity index (χ0v) is 15.1. The van der Waals surface area contributed by atoms with E-state index in [1.807, 2.05) is 36.4 Å². The molecular formula is C20H21NO3S. The van der Waals surface area contributed by atoms with E-state index < -0.39 is 0 Å². The van der Waals surface area contributed by atoms with E-state index >= 15 is 0 Å². The third-order valence-electron chi connectivity index (χ3n) is 3.82. The van der Waals surface area contributed by atoms with Crippen LogP contribution >= 0.6 is 11.3 Å². The number of thiazole rings is 1. The van der Waals surface area contributed by atoms with Crippen LogP contribution in [0.5, 0.6) is 17.4 Å². The lowest BCUT2D eigenvalue weighted by molar-refractivity contribution is 0.450. The quantitative estimate of drug-likeness (QED) is 0.672. The highest BCUT2D eigenvalue weighted by Gasteiger charge is 2.11. The summed E-state index contributed by atoms with van der Waals surface area (Å²) >= 11 is 1.02. The molecule has 1 heterocycles. The summed E-state index contributed by atoms with van der Waals surface area (Å²) in [5.41, 5.74) is 2.21. The van der Waals surface area contributed by atoms with Gasteiger partial charge in [-0.15, -0.1) is 0 Å². The third-order valence-corrected chi connectivity index (χ3v) is 4.69. The van der Waals surface area contributed by atoms with Gasteiger partial charge in [0.2, 0.25) is 5.88 Å². The molecule has 0 bridgehead atoms. The lowest BCUT2D eigenvalue weighted by Gasteiger charge is -2.11. The number of benzene rings is 2. The van der Waals surface area contributed by atoms with Crippen molar-refractivity contribution in [3.05, 3.63) is 74.2 Å². The maximum atomic E-state index is 11.4. The first-order chi connectivity index (χ1) is 12.0. The number of aromatic amines is 1. The van der Waals surface area contributed by atoms with E-state index in [1.165, 1.54) is 5.56 Å². The fourth-order valence-corrected chi connectivity index (χ4v) is 3.43. The summed E-state index contributed by atoms with van der Waals surface area (Å²) < 4.78 is 6.02. The number of ether oxygens (including phenoxy) is 1. The number of hydrogen-bond acceptors (Lipinski definition) is 4. The summed E-state index contributed by atoms with van der Waals surface area (Å²) in [5.74, 6) is 2.04. The topological polar surface area (TPSA) is 62.3 Å². The predicted molar refractivity (Wildman–Crippen MR) is 101 cm³/mol. The van der Waals surface area contributed by atoms with Gasteiger partial charge in [-0.25, -0.2) is 0 Å². The minimum atomic E-state index is -0.258. The van der Waals surface area contributed by atoms with Crippen molar-refractivity contribution in [2.75, 3.05) is 0 Å². The molecule has 0 saturated heterocycles. The Hall–Kier alpha value is -2.53. The lowest BCUT2D eigenvalue weighted by Crippen LogP contribution is -1.95. The first-order valence-electron chi connectivity index (χ1n) is 8.27. The van der Waals surface area contributed by atoms with Gasteiger partial charge < -0.3 is 9.84 Å². The molecule has 0 unspecified atom stereocenters. The second-order valence-electron chi connectivity index (χ2n) is 6.41. The average molecular weight is 355 g/mol. The molecule has 2 N–H and O–H groups in total. The number of hydrogen-bond donors (Lipinski definition) is 2. The largest absolute Gasteiger partial charge is 0.494 e. The first kappa shape index (κ1) is 17.3. The summed E-state index contributed by atoms with van der Waals surface area (Å²) in [5, 5.41) is 9.79. The lowest BCUT2D eigenvalue weighted by atomic mass is 10.0. The van der Waals surface area contributed by atoms with Crippen molar-refractivity contribution in [1.29, 1.82) is 0 Å². The SMILES string of the molecule is CC(C)Cc1ccc(Oc2ccccc2Cc2sc(=O)[nH]c2O)cc1. The Morgan fingerprint density at radius 1 is 1.12 bits per heavy atom. The third kappa shape index (κ3) is 4.51.